The molecule has 0 bridgehead atoms. The number of aromatic nitrogens is 3. The van der Waals surface area contributed by atoms with Crippen LogP contribution in [-0.4, -0.2) is 34.6 Å². The van der Waals surface area contributed by atoms with Crippen LogP contribution in [0.3, 0.4) is 0 Å². The average molecular weight is 242 g/mol. The second-order valence-electron chi connectivity index (χ2n) is 3.95. The molecule has 0 amide bonds. The van der Waals surface area contributed by atoms with Crippen LogP contribution in [0.15, 0.2) is 0 Å². The lowest BCUT2D eigenvalue weighted by Gasteiger charge is -2.34. The Bertz CT molecular complexity index is 366. The second-order valence-corrected chi connectivity index (χ2v) is 4.29. The molecule has 0 radical (unpaired) electrons. The minimum atomic E-state index is 0.243. The fourth-order valence-corrected chi connectivity index (χ4v) is 1.83. The van der Waals surface area contributed by atoms with Gasteiger partial charge < -0.3 is 10.2 Å². The summed E-state index contributed by atoms with van der Waals surface area (Å²) < 4.78 is 0. The van der Waals surface area contributed by atoms with E-state index in [1.165, 1.54) is 19.3 Å². The van der Waals surface area contributed by atoms with E-state index in [4.69, 9.17) is 11.6 Å². The van der Waals surface area contributed by atoms with E-state index < -0.39 is 0 Å². The third kappa shape index (κ3) is 2.35. The highest BCUT2D eigenvalue weighted by atomic mass is 35.5. The summed E-state index contributed by atoms with van der Waals surface area (Å²) in [6, 6.07) is 0.549. The molecule has 1 aliphatic carbocycles. The van der Waals surface area contributed by atoms with E-state index in [9.17, 15) is 0 Å². The largest absolute Gasteiger partial charge is 0.354 e. The molecule has 0 atom stereocenters. The van der Waals surface area contributed by atoms with Crippen LogP contribution in [0.5, 0.6) is 0 Å². The first-order chi connectivity index (χ1) is 7.70. The zero-order valence-corrected chi connectivity index (χ0v) is 10.3. The van der Waals surface area contributed by atoms with E-state index in [0.717, 1.165) is 6.54 Å². The van der Waals surface area contributed by atoms with Crippen molar-refractivity contribution in [2.45, 2.75) is 32.2 Å². The van der Waals surface area contributed by atoms with Crippen LogP contribution in [0.25, 0.3) is 0 Å². The minimum Gasteiger partial charge on any atom is -0.354 e. The number of nitrogens with zero attached hydrogens (tertiary/aromatic N) is 4. The summed E-state index contributed by atoms with van der Waals surface area (Å²) in [7, 11) is 2.01. The standard InChI is InChI=1S/C10H16ClN5/c1-3-12-9-13-8(11)14-10(15-9)16(2)7-5-4-6-7/h7H,3-6H2,1-2H3,(H,12,13,14,15). The Morgan fingerprint density at radius 2 is 2.12 bits per heavy atom. The van der Waals surface area contributed by atoms with Gasteiger partial charge >= 0.3 is 0 Å². The predicted octanol–water partition coefficient (Wildman–Crippen LogP) is 1.95. The summed E-state index contributed by atoms with van der Waals surface area (Å²) in [6.07, 6.45) is 3.70. The lowest BCUT2D eigenvalue weighted by Crippen LogP contribution is -2.38. The van der Waals surface area contributed by atoms with Gasteiger partial charge in [-0.1, -0.05) is 0 Å². The Hall–Kier alpha value is -1.10. The van der Waals surface area contributed by atoms with Crippen LogP contribution >= 0.6 is 11.6 Å². The van der Waals surface area contributed by atoms with Gasteiger partial charge in [0.05, 0.1) is 0 Å². The lowest BCUT2D eigenvalue weighted by atomic mass is 9.92. The van der Waals surface area contributed by atoms with Crippen LogP contribution in [0.2, 0.25) is 5.28 Å². The molecular weight excluding hydrogens is 226 g/mol. The molecule has 1 aliphatic rings. The number of halogens is 1. The van der Waals surface area contributed by atoms with Crippen molar-refractivity contribution in [3.05, 3.63) is 5.28 Å². The smallest absolute Gasteiger partial charge is 0.231 e. The molecule has 6 heteroatoms. The highest BCUT2D eigenvalue weighted by molar-refractivity contribution is 6.28. The molecule has 1 N–H and O–H groups in total. The number of rotatable bonds is 4. The number of hydrogen-bond acceptors (Lipinski definition) is 5. The summed E-state index contributed by atoms with van der Waals surface area (Å²) >= 11 is 5.87. The quantitative estimate of drug-likeness (QED) is 0.873. The molecule has 88 valence electrons. The summed E-state index contributed by atoms with van der Waals surface area (Å²) in [4.78, 5) is 14.6. The Morgan fingerprint density at radius 1 is 1.38 bits per heavy atom. The molecule has 1 aromatic rings. The van der Waals surface area contributed by atoms with E-state index >= 15 is 0 Å². The Balaban J connectivity index is 2.18. The molecule has 1 heterocycles. The highest BCUT2D eigenvalue weighted by Crippen LogP contribution is 2.26. The highest BCUT2D eigenvalue weighted by Gasteiger charge is 2.24. The van der Waals surface area contributed by atoms with Crippen LogP contribution in [0.4, 0.5) is 11.9 Å². The Kier molecular flexibility index (Phi) is 3.43. The van der Waals surface area contributed by atoms with Crippen LogP contribution in [0.1, 0.15) is 26.2 Å². The molecule has 16 heavy (non-hydrogen) atoms. The van der Waals surface area contributed by atoms with E-state index in [0.29, 0.717) is 17.9 Å². The van der Waals surface area contributed by atoms with Gasteiger partial charge in [0, 0.05) is 19.6 Å². The Labute approximate surface area is 100 Å². The van der Waals surface area contributed by atoms with E-state index in [-0.39, 0.29) is 5.28 Å². The molecule has 1 aromatic heterocycles. The van der Waals surface area contributed by atoms with Crippen molar-refractivity contribution < 1.29 is 0 Å². The van der Waals surface area contributed by atoms with Gasteiger partial charge in [-0.15, -0.1) is 0 Å². The van der Waals surface area contributed by atoms with Crippen molar-refractivity contribution in [3.63, 3.8) is 0 Å². The summed E-state index contributed by atoms with van der Waals surface area (Å²) in [5.41, 5.74) is 0. The molecule has 0 aromatic carbocycles. The molecule has 0 unspecified atom stereocenters. The van der Waals surface area contributed by atoms with Gasteiger partial charge in [0.2, 0.25) is 17.2 Å². The monoisotopic (exact) mass is 241 g/mol. The van der Waals surface area contributed by atoms with Crippen molar-refractivity contribution in [2.24, 2.45) is 0 Å². The van der Waals surface area contributed by atoms with Crippen molar-refractivity contribution in [3.8, 4) is 0 Å². The fraction of sp³-hybridized carbons (Fsp3) is 0.700. The minimum absolute atomic E-state index is 0.243. The molecule has 1 fully saturated rings. The summed E-state index contributed by atoms with van der Waals surface area (Å²) in [5.74, 6) is 1.20. The van der Waals surface area contributed by atoms with Crippen molar-refractivity contribution >= 4 is 23.5 Å². The third-order valence-corrected chi connectivity index (χ3v) is 3.04. The van der Waals surface area contributed by atoms with Crippen molar-refractivity contribution in [1.29, 1.82) is 0 Å². The first-order valence-corrected chi connectivity index (χ1v) is 5.96. The molecule has 0 aliphatic heterocycles. The zero-order chi connectivity index (χ0) is 11.5. The fourth-order valence-electron chi connectivity index (χ4n) is 1.67. The van der Waals surface area contributed by atoms with Gasteiger partial charge in [0.25, 0.3) is 0 Å². The van der Waals surface area contributed by atoms with Gasteiger partial charge in [-0.25, -0.2) is 0 Å². The molecule has 0 saturated heterocycles. The Morgan fingerprint density at radius 3 is 2.69 bits per heavy atom. The topological polar surface area (TPSA) is 53.9 Å². The van der Waals surface area contributed by atoms with Crippen LogP contribution in [-0.2, 0) is 0 Å². The molecule has 5 nitrogen and oxygen atoms in total. The van der Waals surface area contributed by atoms with E-state index in [1.807, 2.05) is 14.0 Å². The number of hydrogen-bond donors (Lipinski definition) is 1. The number of anilines is 2. The molecular formula is C10H16ClN5. The first-order valence-electron chi connectivity index (χ1n) is 5.59. The van der Waals surface area contributed by atoms with Crippen molar-refractivity contribution in [2.75, 3.05) is 23.8 Å². The van der Waals surface area contributed by atoms with Gasteiger partial charge in [-0.05, 0) is 37.8 Å². The maximum atomic E-state index is 5.87. The third-order valence-electron chi connectivity index (χ3n) is 2.87. The second kappa shape index (κ2) is 4.82. The van der Waals surface area contributed by atoms with Gasteiger partial charge in [-0.2, -0.15) is 15.0 Å². The molecule has 1 saturated carbocycles. The molecule has 2 rings (SSSR count). The lowest BCUT2D eigenvalue weighted by molar-refractivity contribution is 0.397. The van der Waals surface area contributed by atoms with Gasteiger partial charge in [0.1, 0.15) is 0 Å². The van der Waals surface area contributed by atoms with Gasteiger partial charge in [0.15, 0.2) is 0 Å². The summed E-state index contributed by atoms with van der Waals surface area (Å²) in [6.45, 7) is 2.76. The number of nitrogens with one attached hydrogen (secondary N) is 1. The predicted molar refractivity (Wildman–Crippen MR) is 65.0 cm³/mol. The van der Waals surface area contributed by atoms with Crippen LogP contribution in [0, 0.1) is 0 Å². The van der Waals surface area contributed by atoms with E-state index in [2.05, 4.69) is 25.2 Å². The van der Waals surface area contributed by atoms with Crippen LogP contribution < -0.4 is 10.2 Å². The maximum Gasteiger partial charge on any atom is 0.231 e. The maximum absolute atomic E-state index is 5.87. The van der Waals surface area contributed by atoms with E-state index in [1.54, 1.807) is 0 Å². The molecule has 0 spiro atoms. The average Bonchev–Trinajstić information content (AvgIpc) is 2.14. The summed E-state index contributed by atoms with van der Waals surface area (Å²) in [5, 5.41) is 3.29. The normalized spacial score (nSPS) is 15.7. The zero-order valence-electron chi connectivity index (χ0n) is 9.57. The SMILES string of the molecule is CCNc1nc(Cl)nc(N(C)C2CCC2)n1. The first kappa shape index (κ1) is 11.4. The van der Waals surface area contributed by atoms with Crippen molar-refractivity contribution in [1.82, 2.24) is 15.0 Å². The van der Waals surface area contributed by atoms with Gasteiger partial charge in [-0.3, -0.25) is 0 Å².